The molecule has 0 bridgehead atoms. The monoisotopic (exact) mass is 276 g/mol. The number of carbonyl (C=O) groups is 1. The molecule has 1 amide bonds. The highest BCUT2D eigenvalue weighted by molar-refractivity contribution is 5.85. The summed E-state index contributed by atoms with van der Waals surface area (Å²) in [5.41, 5.74) is 0. The average Bonchev–Trinajstić information content (AvgIpc) is 2.40. The van der Waals surface area contributed by atoms with Gasteiger partial charge in [0.25, 0.3) is 0 Å². The molecular weight excluding hydrogens is 252 g/mol. The molecule has 5 heteroatoms. The first-order valence-corrected chi connectivity index (χ1v) is 6.81. The quantitative estimate of drug-likeness (QED) is 0.845. The first-order valence-electron chi connectivity index (χ1n) is 6.81. The first kappa shape index (κ1) is 15.7. The lowest BCUT2D eigenvalue weighted by atomic mass is 9.97. The number of hydrogen-bond donors (Lipinski definition) is 1. The number of rotatable bonds is 3. The molecule has 2 atom stereocenters. The zero-order valence-electron chi connectivity index (χ0n) is 11.2. The van der Waals surface area contributed by atoms with Crippen LogP contribution in [0.1, 0.15) is 25.7 Å². The molecule has 1 N–H and O–H groups in total. The van der Waals surface area contributed by atoms with Crippen LogP contribution in [0.2, 0.25) is 0 Å². The second-order valence-corrected chi connectivity index (χ2v) is 5.35. The van der Waals surface area contributed by atoms with Gasteiger partial charge in [0.1, 0.15) is 0 Å². The maximum atomic E-state index is 12.2. The standard InChI is InChI=1S/C13H24N2O2.ClH/c1-15(9-11-4-3-7-17-10-11)13(16)12-5-2-6-14-8-12;/h11-12,14H,2-10H2,1H3;1H. The van der Waals surface area contributed by atoms with Crippen molar-refractivity contribution in [1.29, 1.82) is 0 Å². The van der Waals surface area contributed by atoms with Crippen LogP contribution in [0.15, 0.2) is 0 Å². The molecule has 2 fully saturated rings. The predicted octanol–water partition coefficient (Wildman–Crippen LogP) is 1.29. The van der Waals surface area contributed by atoms with Crippen molar-refractivity contribution in [2.75, 3.05) is 39.9 Å². The largest absolute Gasteiger partial charge is 0.381 e. The third kappa shape index (κ3) is 4.41. The molecule has 2 unspecified atom stereocenters. The topological polar surface area (TPSA) is 41.6 Å². The number of nitrogens with zero attached hydrogens (tertiary/aromatic N) is 1. The van der Waals surface area contributed by atoms with E-state index in [0.717, 1.165) is 52.1 Å². The van der Waals surface area contributed by atoms with E-state index in [0.29, 0.717) is 11.8 Å². The summed E-state index contributed by atoms with van der Waals surface area (Å²) in [6, 6.07) is 0. The third-order valence-electron chi connectivity index (χ3n) is 3.81. The van der Waals surface area contributed by atoms with Crippen LogP contribution in [0.25, 0.3) is 0 Å². The summed E-state index contributed by atoms with van der Waals surface area (Å²) in [6.07, 6.45) is 4.49. The van der Waals surface area contributed by atoms with Gasteiger partial charge in [0, 0.05) is 26.7 Å². The molecular formula is C13H25ClN2O2. The van der Waals surface area contributed by atoms with E-state index < -0.39 is 0 Å². The van der Waals surface area contributed by atoms with Gasteiger partial charge < -0.3 is 15.0 Å². The molecule has 0 spiro atoms. The third-order valence-corrected chi connectivity index (χ3v) is 3.81. The SMILES string of the molecule is CN(CC1CCCOC1)C(=O)C1CCCNC1.Cl. The van der Waals surface area contributed by atoms with E-state index in [1.807, 2.05) is 11.9 Å². The second-order valence-electron chi connectivity index (χ2n) is 5.35. The summed E-state index contributed by atoms with van der Waals surface area (Å²) < 4.78 is 5.46. The molecule has 0 aromatic heterocycles. The fraction of sp³-hybridized carbons (Fsp3) is 0.923. The highest BCUT2D eigenvalue weighted by Crippen LogP contribution is 2.17. The predicted molar refractivity (Wildman–Crippen MR) is 74.0 cm³/mol. The van der Waals surface area contributed by atoms with Crippen molar-refractivity contribution >= 4 is 18.3 Å². The molecule has 0 aromatic rings. The van der Waals surface area contributed by atoms with Crippen LogP contribution in [0, 0.1) is 11.8 Å². The van der Waals surface area contributed by atoms with E-state index >= 15 is 0 Å². The number of piperidine rings is 1. The number of hydrogen-bond acceptors (Lipinski definition) is 3. The van der Waals surface area contributed by atoms with Crippen molar-refractivity contribution in [3.8, 4) is 0 Å². The lowest BCUT2D eigenvalue weighted by Gasteiger charge is -2.31. The maximum absolute atomic E-state index is 12.2. The Morgan fingerprint density at radius 1 is 1.39 bits per heavy atom. The first-order chi connectivity index (χ1) is 8.27. The van der Waals surface area contributed by atoms with Gasteiger partial charge in [-0.05, 0) is 38.1 Å². The second kappa shape index (κ2) is 7.97. The smallest absolute Gasteiger partial charge is 0.226 e. The maximum Gasteiger partial charge on any atom is 0.226 e. The molecule has 2 aliphatic heterocycles. The fourth-order valence-electron chi connectivity index (χ4n) is 2.80. The number of ether oxygens (including phenoxy) is 1. The summed E-state index contributed by atoms with van der Waals surface area (Å²) in [7, 11) is 1.94. The van der Waals surface area contributed by atoms with Crippen LogP contribution in [0.5, 0.6) is 0 Å². The van der Waals surface area contributed by atoms with Crippen LogP contribution in [0.4, 0.5) is 0 Å². The van der Waals surface area contributed by atoms with Crippen molar-refractivity contribution < 1.29 is 9.53 Å². The zero-order valence-corrected chi connectivity index (χ0v) is 12.0. The van der Waals surface area contributed by atoms with Crippen LogP contribution in [-0.4, -0.2) is 50.7 Å². The van der Waals surface area contributed by atoms with Crippen molar-refractivity contribution in [2.24, 2.45) is 11.8 Å². The van der Waals surface area contributed by atoms with E-state index in [9.17, 15) is 4.79 Å². The molecule has 0 aromatic carbocycles. The highest BCUT2D eigenvalue weighted by atomic mass is 35.5. The van der Waals surface area contributed by atoms with Gasteiger partial charge in [0.05, 0.1) is 12.5 Å². The van der Waals surface area contributed by atoms with Crippen LogP contribution in [0.3, 0.4) is 0 Å². The van der Waals surface area contributed by atoms with E-state index in [4.69, 9.17) is 4.74 Å². The van der Waals surface area contributed by atoms with Gasteiger partial charge in [-0.1, -0.05) is 0 Å². The minimum Gasteiger partial charge on any atom is -0.381 e. The van der Waals surface area contributed by atoms with E-state index in [1.165, 1.54) is 6.42 Å². The molecule has 2 rings (SSSR count). The minimum atomic E-state index is 0. The molecule has 4 nitrogen and oxygen atoms in total. The molecule has 2 heterocycles. The van der Waals surface area contributed by atoms with Gasteiger partial charge in [0.2, 0.25) is 5.91 Å². The van der Waals surface area contributed by atoms with Crippen molar-refractivity contribution in [3.05, 3.63) is 0 Å². The summed E-state index contributed by atoms with van der Waals surface area (Å²) in [6.45, 7) is 4.48. The Balaban J connectivity index is 0.00000162. The van der Waals surface area contributed by atoms with E-state index in [-0.39, 0.29) is 18.3 Å². The normalized spacial score (nSPS) is 28.3. The number of carbonyl (C=O) groups excluding carboxylic acids is 1. The number of amides is 1. The van der Waals surface area contributed by atoms with E-state index in [1.54, 1.807) is 0 Å². The summed E-state index contributed by atoms with van der Waals surface area (Å²) in [5.74, 6) is 1.04. The number of halogens is 1. The Bertz CT molecular complexity index is 251. The summed E-state index contributed by atoms with van der Waals surface area (Å²) in [5, 5.41) is 3.30. The van der Waals surface area contributed by atoms with Gasteiger partial charge in [0.15, 0.2) is 0 Å². The summed E-state index contributed by atoms with van der Waals surface area (Å²) in [4.78, 5) is 14.1. The van der Waals surface area contributed by atoms with Gasteiger partial charge in [-0.15, -0.1) is 12.4 Å². The van der Waals surface area contributed by atoms with Crippen molar-refractivity contribution in [2.45, 2.75) is 25.7 Å². The molecule has 0 saturated carbocycles. The molecule has 2 aliphatic rings. The fourth-order valence-corrected chi connectivity index (χ4v) is 2.80. The Hall–Kier alpha value is -0.320. The van der Waals surface area contributed by atoms with Gasteiger partial charge in [-0.2, -0.15) is 0 Å². The highest BCUT2D eigenvalue weighted by Gasteiger charge is 2.25. The van der Waals surface area contributed by atoms with Gasteiger partial charge >= 0.3 is 0 Å². The Morgan fingerprint density at radius 2 is 2.22 bits per heavy atom. The lowest BCUT2D eigenvalue weighted by molar-refractivity contribution is -0.135. The Kier molecular flexibility index (Phi) is 6.97. The number of nitrogens with one attached hydrogen (secondary N) is 1. The van der Waals surface area contributed by atoms with Crippen molar-refractivity contribution in [3.63, 3.8) is 0 Å². The average molecular weight is 277 g/mol. The van der Waals surface area contributed by atoms with Crippen molar-refractivity contribution in [1.82, 2.24) is 10.2 Å². The summed E-state index contributed by atoms with van der Waals surface area (Å²) >= 11 is 0. The zero-order chi connectivity index (χ0) is 12.1. The Morgan fingerprint density at radius 3 is 2.83 bits per heavy atom. The van der Waals surface area contributed by atoms with Crippen LogP contribution < -0.4 is 5.32 Å². The Labute approximate surface area is 116 Å². The molecule has 18 heavy (non-hydrogen) atoms. The molecule has 0 radical (unpaired) electrons. The van der Waals surface area contributed by atoms with Gasteiger partial charge in [-0.3, -0.25) is 4.79 Å². The minimum absolute atomic E-state index is 0. The lowest BCUT2D eigenvalue weighted by Crippen LogP contribution is -2.43. The van der Waals surface area contributed by atoms with E-state index in [2.05, 4.69) is 5.32 Å². The van der Waals surface area contributed by atoms with Crippen LogP contribution >= 0.6 is 12.4 Å². The molecule has 2 saturated heterocycles. The molecule has 106 valence electrons. The van der Waals surface area contributed by atoms with Crippen LogP contribution in [-0.2, 0) is 9.53 Å². The van der Waals surface area contributed by atoms with Gasteiger partial charge in [-0.25, -0.2) is 0 Å². The molecule has 0 aliphatic carbocycles.